The van der Waals surface area contributed by atoms with Crippen molar-refractivity contribution in [1.29, 1.82) is 0 Å². The molecule has 3 aromatic heterocycles. The van der Waals surface area contributed by atoms with Crippen molar-refractivity contribution in [3.05, 3.63) is 83.9 Å². The van der Waals surface area contributed by atoms with E-state index >= 15 is 0 Å². The second kappa shape index (κ2) is 12.1. The molecule has 4 heterocycles. The number of ether oxygens (including phenoxy) is 1. The van der Waals surface area contributed by atoms with Gasteiger partial charge >= 0.3 is 0 Å². The Labute approximate surface area is 252 Å². The molecule has 0 unspecified atom stereocenters. The van der Waals surface area contributed by atoms with Crippen molar-refractivity contribution in [2.75, 3.05) is 50.0 Å². The minimum Gasteiger partial charge on any atom is -0.379 e. The molecule has 9 nitrogen and oxygen atoms in total. The van der Waals surface area contributed by atoms with Crippen LogP contribution in [-0.4, -0.2) is 69.6 Å². The molecular weight excluding hydrogens is 538 g/mol. The number of hydrogen-bond donors (Lipinski definition) is 2. The molecule has 43 heavy (non-hydrogen) atoms. The third kappa shape index (κ3) is 6.68. The fourth-order valence-corrected chi connectivity index (χ4v) is 5.32. The van der Waals surface area contributed by atoms with Crippen LogP contribution in [0.2, 0.25) is 0 Å². The molecule has 1 aliphatic heterocycles. The number of morpholine rings is 1. The fourth-order valence-electron chi connectivity index (χ4n) is 5.32. The molecule has 2 N–H and O–H groups in total. The van der Waals surface area contributed by atoms with Crippen LogP contribution in [0.25, 0.3) is 27.7 Å². The monoisotopic (exact) mass is 577 g/mol. The van der Waals surface area contributed by atoms with Gasteiger partial charge in [-0.15, -0.1) is 0 Å². The van der Waals surface area contributed by atoms with Crippen molar-refractivity contribution in [3.63, 3.8) is 0 Å². The van der Waals surface area contributed by atoms with E-state index in [-0.39, 0.29) is 11.3 Å². The van der Waals surface area contributed by atoms with Gasteiger partial charge in [-0.3, -0.25) is 9.69 Å². The number of pyridine rings is 1. The second-order valence-corrected chi connectivity index (χ2v) is 12.2. The fraction of sp³-hybridized carbons (Fsp3) is 0.353. The van der Waals surface area contributed by atoms with Gasteiger partial charge in [0.05, 0.1) is 30.1 Å². The Balaban J connectivity index is 1.14. The van der Waals surface area contributed by atoms with E-state index in [0.29, 0.717) is 17.2 Å². The van der Waals surface area contributed by atoms with E-state index in [9.17, 15) is 4.79 Å². The summed E-state index contributed by atoms with van der Waals surface area (Å²) in [7, 11) is 0. The van der Waals surface area contributed by atoms with Gasteiger partial charge in [0, 0.05) is 54.6 Å². The maximum Gasteiger partial charge on any atom is 0.255 e. The van der Waals surface area contributed by atoms with Crippen LogP contribution in [0, 0.1) is 6.92 Å². The molecule has 1 saturated heterocycles. The minimum atomic E-state index is -0.162. The molecule has 0 radical (unpaired) electrons. The molecule has 0 atom stereocenters. The second-order valence-electron chi connectivity index (χ2n) is 12.2. The molecule has 1 fully saturated rings. The number of benzene rings is 2. The average Bonchev–Trinajstić information content (AvgIpc) is 3.44. The Kier molecular flexibility index (Phi) is 8.10. The van der Waals surface area contributed by atoms with Gasteiger partial charge in [-0.1, -0.05) is 32.9 Å². The maximum absolute atomic E-state index is 13.3. The topological polar surface area (TPSA) is 96.7 Å². The summed E-state index contributed by atoms with van der Waals surface area (Å²) >= 11 is 0. The van der Waals surface area contributed by atoms with Crippen molar-refractivity contribution in [3.8, 4) is 11.1 Å². The Morgan fingerprint density at radius 3 is 2.65 bits per heavy atom. The first-order valence-corrected chi connectivity index (χ1v) is 15.0. The van der Waals surface area contributed by atoms with Gasteiger partial charge in [-0.05, 0) is 73.0 Å². The molecule has 9 heteroatoms. The molecule has 1 amide bonds. The van der Waals surface area contributed by atoms with Crippen LogP contribution in [0.5, 0.6) is 0 Å². The number of carbonyl (C=O) groups is 1. The molecule has 0 bridgehead atoms. The van der Waals surface area contributed by atoms with Crippen LogP contribution < -0.4 is 10.6 Å². The van der Waals surface area contributed by atoms with E-state index in [0.717, 1.165) is 84.7 Å². The van der Waals surface area contributed by atoms with Crippen LogP contribution >= 0.6 is 0 Å². The van der Waals surface area contributed by atoms with Crippen LogP contribution in [0.15, 0.2) is 67.1 Å². The van der Waals surface area contributed by atoms with Crippen LogP contribution in [0.1, 0.15) is 48.8 Å². The van der Waals surface area contributed by atoms with Crippen molar-refractivity contribution in [2.24, 2.45) is 0 Å². The summed E-state index contributed by atoms with van der Waals surface area (Å²) in [6.07, 6.45) is 6.81. The number of aromatic nitrogens is 4. The zero-order valence-electron chi connectivity index (χ0n) is 25.4. The van der Waals surface area contributed by atoms with Crippen molar-refractivity contribution in [2.45, 2.75) is 39.5 Å². The van der Waals surface area contributed by atoms with Crippen LogP contribution in [0.4, 0.5) is 11.6 Å². The molecule has 6 rings (SSSR count). The highest BCUT2D eigenvalue weighted by Gasteiger charge is 2.18. The summed E-state index contributed by atoms with van der Waals surface area (Å²) in [5, 5.41) is 7.36. The number of nitrogens with one attached hydrogen (secondary N) is 2. The van der Waals surface area contributed by atoms with Gasteiger partial charge < -0.3 is 19.8 Å². The highest BCUT2D eigenvalue weighted by molar-refractivity contribution is 6.05. The summed E-state index contributed by atoms with van der Waals surface area (Å²) in [5.41, 5.74) is 7.10. The number of rotatable bonds is 8. The first-order valence-electron chi connectivity index (χ1n) is 15.0. The van der Waals surface area contributed by atoms with Gasteiger partial charge in [0.15, 0.2) is 0 Å². The van der Waals surface area contributed by atoms with Crippen molar-refractivity contribution >= 4 is 34.1 Å². The molecule has 0 aliphatic carbocycles. The van der Waals surface area contributed by atoms with Crippen LogP contribution in [0.3, 0.4) is 0 Å². The first-order chi connectivity index (χ1) is 20.7. The Bertz CT molecular complexity index is 1770. The predicted molar refractivity (Wildman–Crippen MR) is 172 cm³/mol. The molecule has 1 aliphatic rings. The third-order valence-electron chi connectivity index (χ3n) is 7.91. The summed E-state index contributed by atoms with van der Waals surface area (Å²) in [5.74, 6) is 0.478. The van der Waals surface area contributed by atoms with E-state index < -0.39 is 0 Å². The smallest absolute Gasteiger partial charge is 0.255 e. The largest absolute Gasteiger partial charge is 0.379 e. The lowest BCUT2D eigenvalue weighted by Gasteiger charge is -2.26. The predicted octanol–water partition coefficient (Wildman–Crippen LogP) is 5.94. The molecular formula is C34H39N7O2. The molecule has 0 saturated carbocycles. The highest BCUT2D eigenvalue weighted by atomic mass is 16.5. The normalized spacial score (nSPS) is 14.3. The van der Waals surface area contributed by atoms with Gasteiger partial charge in [0.2, 0.25) is 5.95 Å². The number of hydrogen-bond acceptors (Lipinski definition) is 7. The number of anilines is 2. The van der Waals surface area contributed by atoms with Crippen LogP contribution in [-0.2, 0) is 10.2 Å². The van der Waals surface area contributed by atoms with Gasteiger partial charge in [0.1, 0.15) is 5.65 Å². The Hall–Kier alpha value is -4.34. The standard InChI is InChI=1S/C34H39N7O2/c1-23-6-7-25(32(42)37-27-9-11-31-39-30(34(2,3)4)22-41(31)21-27)19-28(23)24-8-10-29-26(18-24)20-36-33(38-29)35-12-5-13-40-14-16-43-17-15-40/h6-11,18-22H,5,12-17H2,1-4H3,(H,37,42)(H,35,36,38). The molecule has 2 aromatic carbocycles. The summed E-state index contributed by atoms with van der Waals surface area (Å²) in [6.45, 7) is 14.0. The molecule has 0 spiro atoms. The minimum absolute atomic E-state index is 0.0506. The van der Waals surface area contributed by atoms with E-state index in [1.165, 1.54) is 0 Å². The highest BCUT2D eigenvalue weighted by Crippen LogP contribution is 2.28. The number of nitrogens with zero attached hydrogens (tertiary/aromatic N) is 5. The summed E-state index contributed by atoms with van der Waals surface area (Å²) in [6, 6.07) is 15.8. The summed E-state index contributed by atoms with van der Waals surface area (Å²) < 4.78 is 7.38. The molecule has 222 valence electrons. The number of amides is 1. The Morgan fingerprint density at radius 1 is 1.00 bits per heavy atom. The van der Waals surface area contributed by atoms with Crippen molar-refractivity contribution < 1.29 is 9.53 Å². The van der Waals surface area contributed by atoms with Gasteiger partial charge in [-0.25, -0.2) is 15.0 Å². The zero-order chi connectivity index (χ0) is 30.0. The Morgan fingerprint density at radius 2 is 1.84 bits per heavy atom. The van der Waals surface area contributed by atoms with Crippen molar-refractivity contribution in [1.82, 2.24) is 24.3 Å². The number of aryl methyl sites for hydroxylation is 1. The van der Waals surface area contributed by atoms with E-state index in [4.69, 9.17) is 14.7 Å². The van der Waals surface area contributed by atoms with E-state index in [1.54, 1.807) is 0 Å². The van der Waals surface area contributed by atoms with E-state index in [2.05, 4.69) is 60.3 Å². The number of carbonyl (C=O) groups excluding carboxylic acids is 1. The lowest BCUT2D eigenvalue weighted by atomic mass is 9.93. The first kappa shape index (κ1) is 28.8. The summed E-state index contributed by atoms with van der Waals surface area (Å²) in [4.78, 5) is 29.7. The maximum atomic E-state index is 13.3. The zero-order valence-corrected chi connectivity index (χ0v) is 25.4. The SMILES string of the molecule is Cc1ccc(C(=O)Nc2ccc3nc(C(C)(C)C)cn3c2)cc1-c1ccc2nc(NCCCN3CCOCC3)ncc2c1. The lowest BCUT2D eigenvalue weighted by Crippen LogP contribution is -2.37. The van der Waals surface area contributed by atoms with Gasteiger partial charge in [-0.2, -0.15) is 0 Å². The number of imidazole rings is 1. The third-order valence-corrected chi connectivity index (χ3v) is 7.91. The average molecular weight is 578 g/mol. The van der Waals surface area contributed by atoms with E-state index in [1.807, 2.05) is 59.4 Å². The quantitative estimate of drug-likeness (QED) is 0.221. The number of fused-ring (bicyclic) bond motifs is 2. The molecule has 5 aromatic rings. The van der Waals surface area contributed by atoms with Gasteiger partial charge in [0.25, 0.3) is 5.91 Å². The lowest BCUT2D eigenvalue weighted by molar-refractivity contribution is 0.0378.